The predicted octanol–water partition coefficient (Wildman–Crippen LogP) is 3.38. The molecule has 1 amide bonds. The summed E-state index contributed by atoms with van der Waals surface area (Å²) < 4.78 is -0.310. The van der Waals surface area contributed by atoms with Crippen molar-refractivity contribution in [2.45, 2.75) is 14.4 Å². The highest BCUT2D eigenvalue weighted by molar-refractivity contribution is 8.18. The normalized spacial score (nSPS) is 10.5. The largest absolute Gasteiger partial charge is 0.368 e. The maximum atomic E-state index is 11.5. The lowest BCUT2D eigenvalue weighted by Gasteiger charge is -2.12. The average Bonchev–Trinajstić information content (AvgIpc) is 2.40. The first-order valence-corrected chi connectivity index (χ1v) is 7.24. The van der Waals surface area contributed by atoms with Crippen molar-refractivity contribution in [3.05, 3.63) is 60.7 Å². The summed E-state index contributed by atoms with van der Waals surface area (Å²) in [7, 11) is 0. The van der Waals surface area contributed by atoms with Crippen molar-refractivity contribution in [3.8, 4) is 0 Å². The second-order valence-corrected chi connectivity index (χ2v) is 6.25. The Morgan fingerprint density at radius 3 is 1.56 bits per heavy atom. The topological polar surface area (TPSA) is 43.1 Å². The zero-order valence-electron chi connectivity index (χ0n) is 9.65. The molecular weight excluding hydrogens is 262 g/mol. The van der Waals surface area contributed by atoms with Crippen molar-refractivity contribution < 1.29 is 4.79 Å². The van der Waals surface area contributed by atoms with E-state index in [2.05, 4.69) is 0 Å². The van der Waals surface area contributed by atoms with Gasteiger partial charge in [-0.3, -0.25) is 4.79 Å². The van der Waals surface area contributed by atoms with Crippen LogP contribution in [-0.4, -0.2) is 10.5 Å². The maximum absolute atomic E-state index is 11.5. The van der Waals surface area contributed by atoms with Crippen LogP contribution in [0.3, 0.4) is 0 Å². The lowest BCUT2D eigenvalue weighted by atomic mass is 10.4. The first kappa shape index (κ1) is 13.1. The van der Waals surface area contributed by atoms with Crippen molar-refractivity contribution in [3.63, 3.8) is 0 Å². The number of carbonyl (C=O) groups is 1. The van der Waals surface area contributed by atoms with Gasteiger partial charge in [0, 0.05) is 9.79 Å². The summed E-state index contributed by atoms with van der Waals surface area (Å²) in [6, 6.07) is 19.6. The Hall–Kier alpha value is -1.39. The van der Waals surface area contributed by atoms with Crippen LogP contribution in [0.1, 0.15) is 0 Å². The Kier molecular flexibility index (Phi) is 4.73. The minimum Gasteiger partial charge on any atom is -0.368 e. The van der Waals surface area contributed by atoms with Crippen molar-refractivity contribution in [1.29, 1.82) is 0 Å². The highest BCUT2D eigenvalue weighted by Crippen LogP contribution is 2.34. The number of amides is 1. The van der Waals surface area contributed by atoms with Crippen LogP contribution in [0.25, 0.3) is 0 Å². The number of nitrogens with two attached hydrogens (primary N) is 1. The van der Waals surface area contributed by atoms with E-state index in [1.807, 2.05) is 60.7 Å². The maximum Gasteiger partial charge on any atom is 0.241 e. The van der Waals surface area contributed by atoms with Gasteiger partial charge in [-0.25, -0.2) is 0 Å². The van der Waals surface area contributed by atoms with Gasteiger partial charge < -0.3 is 5.73 Å². The first-order chi connectivity index (χ1) is 8.75. The molecule has 0 aliphatic rings. The quantitative estimate of drug-likeness (QED) is 0.672. The van der Waals surface area contributed by atoms with Gasteiger partial charge in [0.2, 0.25) is 5.91 Å². The number of rotatable bonds is 5. The minimum absolute atomic E-state index is 0.308. The molecule has 0 aromatic heterocycles. The SMILES string of the molecule is NC(=O)C(Sc1ccccc1)Sc1ccccc1. The summed E-state index contributed by atoms with van der Waals surface area (Å²) in [5.74, 6) is -0.308. The number of benzene rings is 2. The standard InChI is InChI=1S/C14H13NOS2/c15-13(16)14(17-11-7-3-1-4-8-11)18-12-9-5-2-6-10-12/h1-10,14H,(H2,15,16). The van der Waals surface area contributed by atoms with E-state index in [0.29, 0.717) is 0 Å². The molecular formula is C14H13NOS2. The highest BCUT2D eigenvalue weighted by atomic mass is 32.2. The molecule has 0 unspecified atom stereocenters. The second kappa shape index (κ2) is 6.52. The van der Waals surface area contributed by atoms with E-state index in [9.17, 15) is 4.79 Å². The number of carbonyl (C=O) groups excluding carboxylic acids is 1. The van der Waals surface area contributed by atoms with Crippen molar-refractivity contribution in [1.82, 2.24) is 0 Å². The molecule has 0 atom stereocenters. The summed E-state index contributed by atoms with van der Waals surface area (Å²) in [5, 5.41) is 0. The molecule has 2 N–H and O–H groups in total. The number of thioether (sulfide) groups is 2. The molecule has 0 aliphatic carbocycles. The molecule has 0 spiro atoms. The Morgan fingerprint density at radius 2 is 1.22 bits per heavy atom. The molecule has 0 fully saturated rings. The molecule has 18 heavy (non-hydrogen) atoms. The Balaban J connectivity index is 2.08. The molecule has 0 saturated carbocycles. The Morgan fingerprint density at radius 1 is 0.833 bits per heavy atom. The molecule has 0 aliphatic heterocycles. The Labute approximate surface area is 115 Å². The van der Waals surface area contributed by atoms with E-state index in [1.54, 1.807) is 0 Å². The fourth-order valence-electron chi connectivity index (χ4n) is 1.39. The van der Waals surface area contributed by atoms with E-state index >= 15 is 0 Å². The number of primary amides is 1. The van der Waals surface area contributed by atoms with Crippen LogP contribution in [0.5, 0.6) is 0 Å². The van der Waals surface area contributed by atoms with Gasteiger partial charge in [0.25, 0.3) is 0 Å². The summed E-state index contributed by atoms with van der Waals surface area (Å²) in [5.41, 5.74) is 5.45. The molecule has 4 heteroatoms. The lowest BCUT2D eigenvalue weighted by molar-refractivity contribution is -0.116. The number of hydrogen-bond acceptors (Lipinski definition) is 3. The highest BCUT2D eigenvalue weighted by Gasteiger charge is 2.18. The fourth-order valence-corrected chi connectivity index (χ4v) is 3.60. The minimum atomic E-state index is -0.310. The predicted molar refractivity (Wildman–Crippen MR) is 77.6 cm³/mol. The van der Waals surface area contributed by atoms with Gasteiger partial charge in [-0.15, -0.1) is 23.5 Å². The van der Waals surface area contributed by atoms with Gasteiger partial charge in [-0.1, -0.05) is 36.4 Å². The third-order valence-electron chi connectivity index (χ3n) is 2.20. The average molecular weight is 275 g/mol. The molecule has 2 rings (SSSR count). The van der Waals surface area contributed by atoms with Crippen LogP contribution >= 0.6 is 23.5 Å². The van der Waals surface area contributed by atoms with Gasteiger partial charge in [0.05, 0.1) is 0 Å². The van der Waals surface area contributed by atoms with Crippen LogP contribution in [0.4, 0.5) is 0 Å². The van der Waals surface area contributed by atoms with E-state index in [-0.39, 0.29) is 10.5 Å². The second-order valence-electron chi connectivity index (χ2n) is 3.60. The first-order valence-electron chi connectivity index (χ1n) is 5.48. The van der Waals surface area contributed by atoms with E-state index < -0.39 is 0 Å². The number of hydrogen-bond donors (Lipinski definition) is 1. The van der Waals surface area contributed by atoms with Gasteiger partial charge in [0.1, 0.15) is 4.58 Å². The molecule has 2 aromatic carbocycles. The van der Waals surface area contributed by atoms with Gasteiger partial charge >= 0.3 is 0 Å². The van der Waals surface area contributed by atoms with Gasteiger partial charge in [0.15, 0.2) is 0 Å². The summed E-state index contributed by atoms with van der Waals surface area (Å²) in [4.78, 5) is 13.6. The summed E-state index contributed by atoms with van der Waals surface area (Å²) >= 11 is 2.96. The van der Waals surface area contributed by atoms with E-state index in [0.717, 1.165) is 9.79 Å². The third kappa shape index (κ3) is 3.82. The van der Waals surface area contributed by atoms with E-state index in [4.69, 9.17) is 5.73 Å². The zero-order valence-corrected chi connectivity index (χ0v) is 11.3. The Bertz CT molecular complexity index is 460. The fraction of sp³-hybridized carbons (Fsp3) is 0.0714. The monoisotopic (exact) mass is 275 g/mol. The van der Waals surface area contributed by atoms with Crippen LogP contribution in [0.15, 0.2) is 70.5 Å². The third-order valence-corrected chi connectivity index (χ3v) is 4.76. The zero-order chi connectivity index (χ0) is 12.8. The molecule has 92 valence electrons. The smallest absolute Gasteiger partial charge is 0.241 e. The van der Waals surface area contributed by atoms with Gasteiger partial charge in [-0.2, -0.15) is 0 Å². The summed E-state index contributed by atoms with van der Waals surface area (Å²) in [6.45, 7) is 0. The summed E-state index contributed by atoms with van der Waals surface area (Å²) in [6.07, 6.45) is 0. The molecule has 2 nitrogen and oxygen atoms in total. The lowest BCUT2D eigenvalue weighted by Crippen LogP contribution is -2.22. The van der Waals surface area contributed by atoms with E-state index in [1.165, 1.54) is 23.5 Å². The van der Waals surface area contributed by atoms with Crippen molar-refractivity contribution in [2.75, 3.05) is 0 Å². The van der Waals surface area contributed by atoms with Gasteiger partial charge in [-0.05, 0) is 24.3 Å². The molecule has 0 bridgehead atoms. The molecule has 0 heterocycles. The van der Waals surface area contributed by atoms with Crippen LogP contribution in [0, 0.1) is 0 Å². The van der Waals surface area contributed by atoms with Crippen molar-refractivity contribution >= 4 is 29.4 Å². The van der Waals surface area contributed by atoms with Crippen molar-refractivity contribution in [2.24, 2.45) is 5.73 Å². The van der Waals surface area contributed by atoms with Crippen LogP contribution < -0.4 is 5.73 Å². The molecule has 2 aromatic rings. The molecule has 0 radical (unpaired) electrons. The van der Waals surface area contributed by atoms with Crippen LogP contribution in [-0.2, 0) is 4.79 Å². The van der Waals surface area contributed by atoms with Crippen LogP contribution in [0.2, 0.25) is 0 Å². The molecule has 0 saturated heterocycles.